The van der Waals surface area contributed by atoms with Gasteiger partial charge in [-0.15, -0.1) is 5.10 Å². The van der Waals surface area contributed by atoms with Crippen molar-refractivity contribution >= 4 is 11.8 Å². The minimum Gasteiger partial charge on any atom is -0.497 e. The van der Waals surface area contributed by atoms with Crippen LogP contribution in [0.4, 0.5) is 11.8 Å². The summed E-state index contributed by atoms with van der Waals surface area (Å²) in [6.45, 7) is 1.45. The van der Waals surface area contributed by atoms with E-state index in [1.807, 2.05) is 55.8 Å². The van der Waals surface area contributed by atoms with Crippen LogP contribution < -0.4 is 15.0 Å². The molecule has 7 heteroatoms. The van der Waals surface area contributed by atoms with Gasteiger partial charge in [0.05, 0.1) is 13.3 Å². The fourth-order valence-corrected chi connectivity index (χ4v) is 2.44. The fourth-order valence-electron chi connectivity index (χ4n) is 2.44. The van der Waals surface area contributed by atoms with Gasteiger partial charge in [0.1, 0.15) is 5.75 Å². The lowest BCUT2D eigenvalue weighted by molar-refractivity contribution is 0.414. The van der Waals surface area contributed by atoms with Crippen molar-refractivity contribution in [2.24, 2.45) is 0 Å². The summed E-state index contributed by atoms with van der Waals surface area (Å²) < 4.78 is 5.16. The third-order valence-corrected chi connectivity index (χ3v) is 4.03. The number of ether oxygens (including phenoxy) is 1. The van der Waals surface area contributed by atoms with Crippen LogP contribution in [0.3, 0.4) is 0 Å². The van der Waals surface area contributed by atoms with Crippen LogP contribution in [0.25, 0.3) is 0 Å². The summed E-state index contributed by atoms with van der Waals surface area (Å²) in [7, 11) is 3.65. The van der Waals surface area contributed by atoms with E-state index in [1.54, 1.807) is 13.3 Å². The van der Waals surface area contributed by atoms with Crippen molar-refractivity contribution in [1.29, 1.82) is 0 Å². The highest BCUT2D eigenvalue weighted by Gasteiger charge is 2.06. The second-order valence-electron chi connectivity index (χ2n) is 5.87. The van der Waals surface area contributed by atoms with Gasteiger partial charge in [0.25, 0.3) is 0 Å². The van der Waals surface area contributed by atoms with Crippen LogP contribution in [0.1, 0.15) is 11.1 Å². The van der Waals surface area contributed by atoms with Crippen molar-refractivity contribution in [3.63, 3.8) is 0 Å². The van der Waals surface area contributed by atoms with Crippen molar-refractivity contribution in [2.45, 2.75) is 13.0 Å². The second-order valence-corrected chi connectivity index (χ2v) is 5.87. The molecule has 1 N–H and O–H groups in total. The van der Waals surface area contributed by atoms with E-state index in [-0.39, 0.29) is 0 Å². The minimum atomic E-state index is 0.508. The minimum absolute atomic E-state index is 0.508. The standard InChI is InChI=1S/C19H22N6O/c1-25(12-9-15-7-10-20-11-8-15)18-14-22-24-19(23-18)21-13-16-3-5-17(26-2)6-4-16/h3-8,10-11,14H,9,12-13H2,1-2H3,(H,21,23,24). The van der Waals surface area contributed by atoms with Crippen molar-refractivity contribution < 1.29 is 4.74 Å². The van der Waals surface area contributed by atoms with Crippen molar-refractivity contribution in [2.75, 3.05) is 30.9 Å². The number of anilines is 2. The Labute approximate surface area is 153 Å². The Morgan fingerprint density at radius 1 is 1.04 bits per heavy atom. The maximum Gasteiger partial charge on any atom is 0.244 e. The molecule has 2 aromatic heterocycles. The molecule has 26 heavy (non-hydrogen) atoms. The van der Waals surface area contributed by atoms with Crippen LogP contribution in [-0.2, 0) is 13.0 Å². The highest BCUT2D eigenvalue weighted by atomic mass is 16.5. The van der Waals surface area contributed by atoms with E-state index in [1.165, 1.54) is 5.56 Å². The first-order valence-electron chi connectivity index (χ1n) is 8.41. The number of nitrogens with zero attached hydrogens (tertiary/aromatic N) is 5. The Kier molecular flexibility index (Phi) is 5.92. The highest BCUT2D eigenvalue weighted by Crippen LogP contribution is 2.13. The number of likely N-dealkylation sites (N-methyl/N-ethyl adjacent to an activating group) is 1. The van der Waals surface area contributed by atoms with E-state index >= 15 is 0 Å². The Hall–Kier alpha value is -3.22. The quantitative estimate of drug-likeness (QED) is 0.669. The van der Waals surface area contributed by atoms with Crippen LogP contribution in [0, 0.1) is 0 Å². The summed E-state index contributed by atoms with van der Waals surface area (Å²) in [5, 5.41) is 11.3. The normalized spacial score (nSPS) is 10.4. The molecule has 1 aromatic carbocycles. The maximum absolute atomic E-state index is 5.16. The number of hydrogen-bond donors (Lipinski definition) is 1. The smallest absolute Gasteiger partial charge is 0.244 e. The molecule has 7 nitrogen and oxygen atoms in total. The van der Waals surface area contributed by atoms with E-state index in [2.05, 4.69) is 30.4 Å². The Balaban J connectivity index is 1.56. The molecular formula is C19H22N6O. The van der Waals surface area contributed by atoms with Gasteiger partial charge in [-0.25, -0.2) is 0 Å². The summed E-state index contributed by atoms with van der Waals surface area (Å²) >= 11 is 0. The lowest BCUT2D eigenvalue weighted by Crippen LogP contribution is -2.22. The van der Waals surface area contributed by atoms with Gasteiger partial charge >= 0.3 is 0 Å². The summed E-state index contributed by atoms with van der Waals surface area (Å²) in [5.41, 5.74) is 2.36. The van der Waals surface area contributed by atoms with Gasteiger partial charge in [0.15, 0.2) is 5.82 Å². The molecule has 0 saturated carbocycles. The van der Waals surface area contributed by atoms with Crippen LogP contribution in [0.15, 0.2) is 55.0 Å². The van der Waals surface area contributed by atoms with Gasteiger partial charge in [-0.2, -0.15) is 10.1 Å². The van der Waals surface area contributed by atoms with Crippen molar-refractivity contribution in [1.82, 2.24) is 20.2 Å². The third-order valence-electron chi connectivity index (χ3n) is 4.03. The van der Waals surface area contributed by atoms with Gasteiger partial charge in [0.2, 0.25) is 5.95 Å². The zero-order valence-corrected chi connectivity index (χ0v) is 15.0. The van der Waals surface area contributed by atoms with E-state index < -0.39 is 0 Å². The van der Waals surface area contributed by atoms with Crippen molar-refractivity contribution in [3.8, 4) is 5.75 Å². The maximum atomic E-state index is 5.16. The van der Waals surface area contributed by atoms with Gasteiger partial charge in [-0.3, -0.25) is 4.98 Å². The Bertz CT molecular complexity index is 810. The van der Waals surface area contributed by atoms with Crippen LogP contribution >= 0.6 is 0 Å². The first kappa shape index (κ1) is 17.6. The molecule has 0 unspecified atom stereocenters. The zero-order chi connectivity index (χ0) is 18.2. The van der Waals surface area contributed by atoms with Gasteiger partial charge in [-0.05, 0) is 41.8 Å². The second kappa shape index (κ2) is 8.75. The fraction of sp³-hybridized carbons (Fsp3) is 0.263. The lowest BCUT2D eigenvalue weighted by atomic mass is 10.2. The van der Waals surface area contributed by atoms with E-state index in [0.29, 0.717) is 12.5 Å². The number of pyridine rings is 1. The molecule has 0 bridgehead atoms. The first-order valence-corrected chi connectivity index (χ1v) is 8.41. The molecular weight excluding hydrogens is 328 g/mol. The Morgan fingerprint density at radius 3 is 2.54 bits per heavy atom. The lowest BCUT2D eigenvalue weighted by Gasteiger charge is -2.18. The average molecular weight is 350 g/mol. The molecule has 3 aromatic rings. The van der Waals surface area contributed by atoms with Gasteiger partial charge < -0.3 is 15.0 Å². The molecule has 0 atom stereocenters. The number of hydrogen-bond acceptors (Lipinski definition) is 7. The van der Waals surface area contributed by atoms with E-state index in [4.69, 9.17) is 4.74 Å². The molecule has 0 fully saturated rings. The third kappa shape index (κ3) is 4.89. The summed E-state index contributed by atoms with van der Waals surface area (Å²) in [5.74, 6) is 2.13. The number of nitrogens with one attached hydrogen (secondary N) is 1. The first-order chi connectivity index (χ1) is 12.7. The van der Waals surface area contributed by atoms with Gasteiger partial charge in [0, 0.05) is 32.5 Å². The summed E-state index contributed by atoms with van der Waals surface area (Å²) in [6.07, 6.45) is 6.20. The Morgan fingerprint density at radius 2 is 1.81 bits per heavy atom. The molecule has 0 radical (unpaired) electrons. The molecule has 0 saturated heterocycles. The average Bonchev–Trinajstić information content (AvgIpc) is 2.72. The monoisotopic (exact) mass is 350 g/mol. The molecule has 3 rings (SSSR count). The predicted molar refractivity (Wildman–Crippen MR) is 101 cm³/mol. The van der Waals surface area contributed by atoms with Gasteiger partial charge in [-0.1, -0.05) is 12.1 Å². The number of benzene rings is 1. The summed E-state index contributed by atoms with van der Waals surface area (Å²) in [6, 6.07) is 11.9. The molecule has 0 spiro atoms. The number of rotatable bonds is 8. The number of aromatic nitrogens is 4. The van der Waals surface area contributed by atoms with Crippen LogP contribution in [-0.4, -0.2) is 40.9 Å². The molecule has 2 heterocycles. The highest BCUT2D eigenvalue weighted by molar-refractivity contribution is 5.40. The molecule has 0 aliphatic heterocycles. The zero-order valence-electron chi connectivity index (χ0n) is 15.0. The predicted octanol–water partition coefficient (Wildman–Crippen LogP) is 2.57. The van der Waals surface area contributed by atoms with E-state index in [9.17, 15) is 0 Å². The number of methoxy groups -OCH3 is 1. The molecule has 0 aliphatic carbocycles. The van der Waals surface area contributed by atoms with Crippen LogP contribution in [0.5, 0.6) is 5.75 Å². The van der Waals surface area contributed by atoms with E-state index in [0.717, 1.165) is 30.1 Å². The SMILES string of the molecule is COc1ccc(CNc2nncc(N(C)CCc3ccncc3)n2)cc1. The largest absolute Gasteiger partial charge is 0.497 e. The summed E-state index contributed by atoms with van der Waals surface area (Å²) in [4.78, 5) is 10.6. The molecule has 0 amide bonds. The topological polar surface area (TPSA) is 76.1 Å². The van der Waals surface area contributed by atoms with Crippen LogP contribution in [0.2, 0.25) is 0 Å². The molecule has 0 aliphatic rings. The van der Waals surface area contributed by atoms with Crippen molar-refractivity contribution in [3.05, 3.63) is 66.1 Å². The molecule has 134 valence electrons.